The summed E-state index contributed by atoms with van der Waals surface area (Å²) in [5.74, 6) is -1.25. The second-order valence-corrected chi connectivity index (χ2v) is 6.25. The van der Waals surface area contributed by atoms with Gasteiger partial charge in [0, 0.05) is 14.1 Å². The molecular formula is C20H22N4O5. The lowest BCUT2D eigenvalue weighted by molar-refractivity contribution is -0.150. The lowest BCUT2D eigenvalue weighted by Crippen LogP contribution is -2.27. The van der Waals surface area contributed by atoms with Crippen molar-refractivity contribution in [2.24, 2.45) is 16.5 Å². The van der Waals surface area contributed by atoms with Gasteiger partial charge in [-0.15, -0.1) is 0 Å². The lowest BCUT2D eigenvalue weighted by atomic mass is 10.1. The molecule has 0 bridgehead atoms. The van der Waals surface area contributed by atoms with Gasteiger partial charge in [0.1, 0.15) is 5.75 Å². The molecule has 0 atom stereocenters. The van der Waals surface area contributed by atoms with Crippen LogP contribution in [0.3, 0.4) is 0 Å². The van der Waals surface area contributed by atoms with E-state index in [0.717, 1.165) is 0 Å². The molecule has 0 heterocycles. The highest BCUT2D eigenvalue weighted by atomic mass is 16.5. The van der Waals surface area contributed by atoms with E-state index in [1.165, 1.54) is 17.0 Å². The van der Waals surface area contributed by atoms with Gasteiger partial charge in [0.25, 0.3) is 5.91 Å². The average molecular weight is 398 g/mol. The minimum Gasteiger partial charge on any atom is -0.455 e. The van der Waals surface area contributed by atoms with Crippen molar-refractivity contribution in [1.82, 2.24) is 4.90 Å². The van der Waals surface area contributed by atoms with Gasteiger partial charge < -0.3 is 25.8 Å². The van der Waals surface area contributed by atoms with Gasteiger partial charge in [-0.05, 0) is 42.0 Å². The summed E-state index contributed by atoms with van der Waals surface area (Å²) in [6, 6.07) is 12.7. The maximum Gasteiger partial charge on any atom is 0.343 e. The first-order chi connectivity index (χ1) is 13.7. The van der Waals surface area contributed by atoms with Gasteiger partial charge in [0.15, 0.2) is 12.6 Å². The molecule has 0 saturated carbocycles. The number of hydrogen-bond donors (Lipinski definition) is 2. The smallest absolute Gasteiger partial charge is 0.343 e. The van der Waals surface area contributed by atoms with Crippen LogP contribution in [0.25, 0.3) is 0 Å². The van der Waals surface area contributed by atoms with E-state index in [0.29, 0.717) is 16.8 Å². The fourth-order valence-electron chi connectivity index (χ4n) is 2.20. The summed E-state index contributed by atoms with van der Waals surface area (Å²) >= 11 is 0. The Hall–Kier alpha value is -3.88. The maximum absolute atomic E-state index is 12.3. The van der Waals surface area contributed by atoms with Crippen LogP contribution in [-0.4, -0.2) is 49.4 Å². The second-order valence-electron chi connectivity index (χ2n) is 6.25. The van der Waals surface area contributed by atoms with Crippen LogP contribution in [0.5, 0.6) is 5.75 Å². The molecule has 0 aromatic heterocycles. The summed E-state index contributed by atoms with van der Waals surface area (Å²) in [5, 5.41) is 0. The van der Waals surface area contributed by atoms with E-state index < -0.39 is 11.9 Å². The summed E-state index contributed by atoms with van der Waals surface area (Å²) in [5.41, 5.74) is 12.0. The molecule has 0 aliphatic heterocycles. The zero-order valence-electron chi connectivity index (χ0n) is 16.1. The molecule has 2 aromatic carbocycles. The highest BCUT2D eigenvalue weighted by Crippen LogP contribution is 2.18. The van der Waals surface area contributed by atoms with Crippen molar-refractivity contribution >= 4 is 29.5 Å². The number of esters is 2. The van der Waals surface area contributed by atoms with E-state index in [-0.39, 0.29) is 30.6 Å². The topological polar surface area (TPSA) is 137 Å². The van der Waals surface area contributed by atoms with Crippen molar-refractivity contribution in [3.8, 4) is 5.75 Å². The molecule has 2 rings (SSSR count). The molecule has 152 valence electrons. The first-order valence-corrected chi connectivity index (χ1v) is 8.61. The fourth-order valence-corrected chi connectivity index (χ4v) is 2.20. The standard InChI is InChI=1S/C20H22N4O5/c1-24(2)17(25)12-28-18(26)11-13-4-3-5-16(10-13)29-19(27)14-6-8-15(9-7-14)23-20(21)22/h3-10H,11-12H2,1-2H3,(H4,21,22,23). The van der Waals surface area contributed by atoms with E-state index >= 15 is 0 Å². The highest BCUT2D eigenvalue weighted by Gasteiger charge is 2.12. The van der Waals surface area contributed by atoms with E-state index in [1.807, 2.05) is 0 Å². The normalized spacial score (nSPS) is 10.0. The summed E-state index contributed by atoms with van der Waals surface area (Å²) in [4.78, 5) is 40.8. The van der Waals surface area contributed by atoms with Crippen molar-refractivity contribution in [3.05, 3.63) is 59.7 Å². The molecule has 0 aliphatic carbocycles. The molecule has 0 aliphatic rings. The van der Waals surface area contributed by atoms with Gasteiger partial charge in [-0.2, -0.15) is 0 Å². The number of rotatable bonds is 7. The van der Waals surface area contributed by atoms with Gasteiger partial charge in [0.2, 0.25) is 0 Å². The molecule has 0 saturated heterocycles. The Labute approximate surface area is 167 Å². The Bertz CT molecular complexity index is 919. The van der Waals surface area contributed by atoms with Crippen LogP contribution >= 0.6 is 0 Å². The molecule has 9 nitrogen and oxygen atoms in total. The van der Waals surface area contributed by atoms with Gasteiger partial charge in [0.05, 0.1) is 17.7 Å². The van der Waals surface area contributed by atoms with Crippen molar-refractivity contribution in [3.63, 3.8) is 0 Å². The van der Waals surface area contributed by atoms with E-state index in [4.69, 9.17) is 20.9 Å². The SMILES string of the molecule is CN(C)C(=O)COC(=O)Cc1cccc(OC(=O)c2ccc(N=C(N)N)cc2)c1. The number of benzene rings is 2. The Morgan fingerprint density at radius 2 is 1.72 bits per heavy atom. The highest BCUT2D eigenvalue weighted by molar-refractivity contribution is 5.91. The van der Waals surface area contributed by atoms with Crippen molar-refractivity contribution in [2.45, 2.75) is 6.42 Å². The van der Waals surface area contributed by atoms with Crippen LogP contribution in [0, 0.1) is 0 Å². The number of ether oxygens (including phenoxy) is 2. The summed E-state index contributed by atoms with van der Waals surface area (Å²) in [6.07, 6.45) is -0.0562. The number of hydrogen-bond acceptors (Lipinski definition) is 6. The zero-order valence-corrected chi connectivity index (χ0v) is 16.1. The number of likely N-dealkylation sites (N-methyl/N-ethyl adjacent to an activating group) is 1. The van der Waals surface area contributed by atoms with Crippen LogP contribution < -0.4 is 16.2 Å². The molecule has 29 heavy (non-hydrogen) atoms. The van der Waals surface area contributed by atoms with Crippen molar-refractivity contribution in [1.29, 1.82) is 0 Å². The molecule has 0 spiro atoms. The molecule has 1 amide bonds. The molecule has 9 heteroatoms. The third-order valence-electron chi connectivity index (χ3n) is 3.67. The Morgan fingerprint density at radius 3 is 2.34 bits per heavy atom. The first kappa shape index (κ1) is 21.4. The third kappa shape index (κ3) is 6.98. The largest absolute Gasteiger partial charge is 0.455 e. The first-order valence-electron chi connectivity index (χ1n) is 8.61. The van der Waals surface area contributed by atoms with Crippen LogP contribution in [-0.2, 0) is 20.7 Å². The summed E-state index contributed by atoms with van der Waals surface area (Å²) in [7, 11) is 3.14. The molecule has 0 fully saturated rings. The van der Waals surface area contributed by atoms with Gasteiger partial charge in [-0.3, -0.25) is 9.59 Å². The van der Waals surface area contributed by atoms with Gasteiger partial charge in [-0.25, -0.2) is 9.79 Å². The predicted octanol–water partition coefficient (Wildman–Crippen LogP) is 0.985. The van der Waals surface area contributed by atoms with Crippen LogP contribution in [0.4, 0.5) is 5.69 Å². The Kier molecular flexibility index (Phi) is 7.30. The van der Waals surface area contributed by atoms with Crippen LogP contribution in [0.2, 0.25) is 0 Å². The number of amides is 1. The number of nitrogens with zero attached hydrogens (tertiary/aromatic N) is 2. The maximum atomic E-state index is 12.3. The third-order valence-corrected chi connectivity index (χ3v) is 3.67. The summed E-state index contributed by atoms with van der Waals surface area (Å²) < 4.78 is 10.3. The quantitative estimate of drug-likeness (QED) is 0.307. The van der Waals surface area contributed by atoms with E-state index in [9.17, 15) is 14.4 Å². The van der Waals surface area contributed by atoms with Crippen LogP contribution in [0.1, 0.15) is 15.9 Å². The number of carbonyl (C=O) groups is 3. The molecular weight excluding hydrogens is 376 g/mol. The van der Waals surface area contributed by atoms with Crippen molar-refractivity contribution < 1.29 is 23.9 Å². The molecule has 0 radical (unpaired) electrons. The lowest BCUT2D eigenvalue weighted by Gasteiger charge is -2.10. The molecule has 2 aromatic rings. The monoisotopic (exact) mass is 398 g/mol. The molecule has 4 N–H and O–H groups in total. The van der Waals surface area contributed by atoms with E-state index in [2.05, 4.69) is 4.99 Å². The minimum absolute atomic E-state index is 0.0562. The van der Waals surface area contributed by atoms with Crippen LogP contribution in [0.15, 0.2) is 53.5 Å². The number of carbonyl (C=O) groups excluding carboxylic acids is 3. The number of nitrogens with two attached hydrogens (primary N) is 2. The van der Waals surface area contributed by atoms with Crippen molar-refractivity contribution in [2.75, 3.05) is 20.7 Å². The van der Waals surface area contributed by atoms with E-state index in [1.54, 1.807) is 50.5 Å². The van der Waals surface area contributed by atoms with Gasteiger partial charge in [-0.1, -0.05) is 12.1 Å². The summed E-state index contributed by atoms with van der Waals surface area (Å²) in [6.45, 7) is -0.323. The molecule has 0 unspecified atom stereocenters. The minimum atomic E-state index is -0.572. The number of aliphatic imine (C=N–C) groups is 1. The Balaban J connectivity index is 1.96. The predicted molar refractivity (Wildman–Crippen MR) is 107 cm³/mol. The average Bonchev–Trinajstić information content (AvgIpc) is 2.66. The fraction of sp³-hybridized carbons (Fsp3) is 0.200. The zero-order chi connectivity index (χ0) is 21.4. The Morgan fingerprint density at radius 1 is 1.03 bits per heavy atom. The number of guanidine groups is 1. The second kappa shape index (κ2) is 9.88. The van der Waals surface area contributed by atoms with Gasteiger partial charge >= 0.3 is 11.9 Å².